The number of aryl methyl sites for hydroxylation is 1. The fraction of sp³-hybridized carbons (Fsp3) is 0.148. The quantitative estimate of drug-likeness (QED) is 0.395. The molecule has 1 aliphatic rings. The number of aromatic nitrogens is 3. The molecule has 3 heterocycles. The number of pyridine rings is 1. The van der Waals surface area contributed by atoms with Gasteiger partial charge < -0.3 is 14.6 Å². The molecule has 6 nitrogen and oxygen atoms in total. The Kier molecular flexibility index (Phi) is 5.86. The van der Waals surface area contributed by atoms with Crippen LogP contribution in [-0.4, -0.2) is 32.9 Å². The van der Waals surface area contributed by atoms with Gasteiger partial charge >= 0.3 is 0 Å². The summed E-state index contributed by atoms with van der Waals surface area (Å²) in [5.41, 5.74) is 5.23. The number of alkyl halides is 1. The highest BCUT2D eigenvalue weighted by molar-refractivity contribution is 6.31. The Morgan fingerprint density at radius 2 is 1.83 bits per heavy atom. The summed E-state index contributed by atoms with van der Waals surface area (Å²) in [5.74, 6) is 0.612. The molecule has 174 valence electrons. The van der Waals surface area contributed by atoms with Crippen molar-refractivity contribution in [2.75, 3.05) is 11.9 Å². The number of benzene rings is 2. The minimum Gasteiger partial charge on any atom is -0.370 e. The smallest absolute Gasteiger partial charge is 0.148 e. The molecular formula is C27H21Cl2N5O. The van der Waals surface area contributed by atoms with E-state index in [1.165, 1.54) is 0 Å². The summed E-state index contributed by atoms with van der Waals surface area (Å²) in [7, 11) is 3.67. The molecule has 1 N–H and O–H groups in total. The summed E-state index contributed by atoms with van der Waals surface area (Å²) in [6.45, 7) is 0. The number of fused-ring (bicyclic) bond motifs is 1. The van der Waals surface area contributed by atoms with E-state index in [0.29, 0.717) is 16.4 Å². The lowest BCUT2D eigenvalue weighted by atomic mass is 9.85. The maximum Gasteiger partial charge on any atom is 0.148 e. The van der Waals surface area contributed by atoms with Gasteiger partial charge in [-0.3, -0.25) is 0 Å². The number of hydrogen-bond donors (Lipinski definition) is 1. The van der Waals surface area contributed by atoms with E-state index in [0.717, 1.165) is 33.5 Å². The van der Waals surface area contributed by atoms with Crippen molar-refractivity contribution in [3.63, 3.8) is 0 Å². The highest BCUT2D eigenvalue weighted by Gasteiger charge is 2.38. The van der Waals surface area contributed by atoms with Crippen LogP contribution in [0.5, 0.6) is 0 Å². The Hall–Kier alpha value is -3.63. The van der Waals surface area contributed by atoms with Crippen LogP contribution in [0.1, 0.15) is 33.5 Å². The second-order valence-electron chi connectivity index (χ2n) is 8.45. The number of hydrogen-bond acceptors (Lipinski definition) is 5. The molecule has 35 heavy (non-hydrogen) atoms. The molecule has 0 aliphatic carbocycles. The van der Waals surface area contributed by atoms with Crippen molar-refractivity contribution in [1.29, 1.82) is 5.26 Å². The molecule has 2 aromatic heterocycles. The Morgan fingerprint density at radius 1 is 1.06 bits per heavy atom. The van der Waals surface area contributed by atoms with Crippen LogP contribution in [0.4, 0.5) is 5.82 Å². The molecule has 5 rings (SSSR count). The van der Waals surface area contributed by atoms with Crippen molar-refractivity contribution < 1.29 is 5.11 Å². The van der Waals surface area contributed by atoms with Gasteiger partial charge in [0.1, 0.15) is 16.9 Å². The maximum absolute atomic E-state index is 10.7. The largest absolute Gasteiger partial charge is 0.370 e. The fourth-order valence-corrected chi connectivity index (χ4v) is 4.98. The van der Waals surface area contributed by atoms with Crippen LogP contribution < -0.4 is 4.90 Å². The van der Waals surface area contributed by atoms with Gasteiger partial charge in [-0.15, -0.1) is 11.6 Å². The number of halogens is 2. The third-order valence-corrected chi connectivity index (χ3v) is 7.20. The maximum atomic E-state index is 10.7. The molecule has 0 amide bonds. The first-order valence-electron chi connectivity index (χ1n) is 10.9. The third-order valence-electron chi connectivity index (χ3n) is 6.32. The molecule has 1 aliphatic heterocycles. The molecule has 4 aromatic rings. The van der Waals surface area contributed by atoms with Crippen molar-refractivity contribution in [1.82, 2.24) is 14.5 Å². The summed E-state index contributed by atoms with van der Waals surface area (Å²) in [4.78, 5) is 9.62. The number of anilines is 1. The zero-order valence-corrected chi connectivity index (χ0v) is 20.5. The second kappa shape index (κ2) is 8.86. The first-order chi connectivity index (χ1) is 16.8. The predicted octanol–water partition coefficient (Wildman–Crippen LogP) is 5.07. The van der Waals surface area contributed by atoms with Crippen molar-refractivity contribution in [2.24, 2.45) is 7.05 Å². The summed E-state index contributed by atoms with van der Waals surface area (Å²) in [6, 6.07) is 18.9. The number of rotatable bonds is 4. The zero-order valence-electron chi connectivity index (χ0n) is 19.0. The normalized spacial score (nSPS) is 16.7. The second-order valence-corrected chi connectivity index (χ2v) is 9.45. The molecule has 2 atom stereocenters. The summed E-state index contributed by atoms with van der Waals surface area (Å²) >= 11 is 13.7. The van der Waals surface area contributed by atoms with Crippen LogP contribution in [0, 0.1) is 11.3 Å². The van der Waals surface area contributed by atoms with E-state index in [1.807, 2.05) is 41.9 Å². The van der Waals surface area contributed by atoms with Gasteiger partial charge in [-0.25, -0.2) is 9.97 Å². The minimum absolute atomic E-state index is 0.533. The van der Waals surface area contributed by atoms with E-state index in [1.54, 1.807) is 61.0 Å². The summed E-state index contributed by atoms with van der Waals surface area (Å²) in [6.07, 6.45) is 6.06. The molecule has 0 spiro atoms. The summed E-state index contributed by atoms with van der Waals surface area (Å²) < 4.78 is 1.88. The van der Waals surface area contributed by atoms with Gasteiger partial charge in [0.05, 0.1) is 29.9 Å². The number of imidazole rings is 1. The van der Waals surface area contributed by atoms with Crippen molar-refractivity contribution >= 4 is 34.6 Å². The number of likely N-dealkylation sites (N-methyl/N-ethyl adjacent to an activating group) is 1. The molecule has 2 unspecified atom stereocenters. The summed E-state index contributed by atoms with van der Waals surface area (Å²) in [5, 5.41) is 20.7. The SMILES string of the molecule is CN1c2ncc(C(Cl)(c3ccc(Cl)cc3)c3cncn3C)cc2C(c2cccc(C#N)c2)=CC1O. The van der Waals surface area contributed by atoms with Crippen molar-refractivity contribution in [2.45, 2.75) is 11.1 Å². The third kappa shape index (κ3) is 3.88. The monoisotopic (exact) mass is 501 g/mol. The van der Waals surface area contributed by atoms with Gasteiger partial charge in [0.15, 0.2) is 0 Å². The molecular weight excluding hydrogens is 481 g/mol. The zero-order chi connectivity index (χ0) is 24.7. The van der Waals surface area contributed by atoms with Gasteiger partial charge in [-0.2, -0.15) is 5.26 Å². The first-order valence-corrected chi connectivity index (χ1v) is 11.6. The highest BCUT2D eigenvalue weighted by Crippen LogP contribution is 2.45. The van der Waals surface area contributed by atoms with Crippen molar-refractivity contribution in [3.05, 3.63) is 118 Å². The number of aliphatic hydroxyl groups excluding tert-OH is 1. The van der Waals surface area contributed by atoms with E-state index in [2.05, 4.69) is 11.1 Å². The van der Waals surface area contributed by atoms with Crippen LogP contribution in [-0.2, 0) is 11.9 Å². The number of nitriles is 1. The lowest BCUT2D eigenvalue weighted by Gasteiger charge is -2.33. The number of aliphatic hydroxyl groups is 1. The van der Waals surface area contributed by atoms with Crippen LogP contribution in [0.3, 0.4) is 0 Å². The highest BCUT2D eigenvalue weighted by atomic mass is 35.5. The minimum atomic E-state index is -1.11. The Bertz CT molecular complexity index is 1490. The number of nitrogens with zero attached hydrogens (tertiary/aromatic N) is 5. The van der Waals surface area contributed by atoms with Gasteiger partial charge in [0.2, 0.25) is 0 Å². The lowest BCUT2D eigenvalue weighted by molar-refractivity contribution is 0.221. The predicted molar refractivity (Wildman–Crippen MR) is 137 cm³/mol. The van der Waals surface area contributed by atoms with E-state index >= 15 is 0 Å². The first kappa shape index (κ1) is 23.1. The van der Waals surface area contributed by atoms with Gasteiger partial charge in [-0.1, -0.05) is 35.9 Å². The molecule has 0 saturated carbocycles. The van der Waals surface area contributed by atoms with Crippen LogP contribution >= 0.6 is 23.2 Å². The van der Waals surface area contributed by atoms with E-state index in [9.17, 15) is 10.4 Å². The molecule has 0 radical (unpaired) electrons. The fourth-order valence-electron chi connectivity index (χ4n) is 4.44. The van der Waals surface area contributed by atoms with Gasteiger partial charge in [-0.05, 0) is 53.1 Å². The molecule has 8 heteroatoms. The van der Waals surface area contributed by atoms with E-state index in [-0.39, 0.29) is 0 Å². The molecule has 2 aromatic carbocycles. The standard InChI is InChI=1S/C27H21Cl2N5O/c1-33-16-31-15-24(33)27(29,19-6-8-21(28)9-7-19)20-11-23-22(18-5-3-4-17(10-18)13-30)12-25(35)34(2)26(23)32-14-20/h3-12,14-16,25,35H,1-2H3. The van der Waals surface area contributed by atoms with Crippen LogP contribution in [0.2, 0.25) is 5.02 Å². The Morgan fingerprint density at radius 3 is 2.51 bits per heavy atom. The van der Waals surface area contributed by atoms with Gasteiger partial charge in [0.25, 0.3) is 0 Å². The average molecular weight is 502 g/mol. The molecule has 0 fully saturated rings. The Labute approximate surface area is 213 Å². The van der Waals surface area contributed by atoms with E-state index in [4.69, 9.17) is 28.2 Å². The molecule has 0 saturated heterocycles. The van der Waals surface area contributed by atoms with E-state index < -0.39 is 11.1 Å². The van der Waals surface area contributed by atoms with Crippen LogP contribution in [0.15, 0.2) is 79.4 Å². The molecule has 0 bridgehead atoms. The topological polar surface area (TPSA) is 78.0 Å². The van der Waals surface area contributed by atoms with Gasteiger partial charge in [0, 0.05) is 36.4 Å². The lowest BCUT2D eigenvalue weighted by Crippen LogP contribution is -2.34. The van der Waals surface area contributed by atoms with Crippen molar-refractivity contribution in [3.8, 4) is 6.07 Å². The Balaban J connectivity index is 1.75. The van der Waals surface area contributed by atoms with Crippen LogP contribution in [0.25, 0.3) is 5.57 Å². The average Bonchev–Trinajstić information content (AvgIpc) is 3.32.